The average molecular weight is 914 g/mol. The van der Waals surface area contributed by atoms with Crippen LogP contribution in [0.4, 0.5) is 5.82 Å². The van der Waals surface area contributed by atoms with E-state index < -0.39 is 0 Å². The molecule has 0 unspecified atom stereocenters. The highest BCUT2D eigenvalue weighted by molar-refractivity contribution is 6.34. The minimum atomic E-state index is 0.418. The maximum Gasteiger partial charge on any atom is 0.129 e. The van der Waals surface area contributed by atoms with Crippen molar-refractivity contribution < 1.29 is 9.47 Å². The van der Waals surface area contributed by atoms with Crippen LogP contribution in [0, 0.1) is 27.7 Å². The van der Waals surface area contributed by atoms with Crippen molar-refractivity contribution in [3.63, 3.8) is 0 Å². The van der Waals surface area contributed by atoms with Crippen LogP contribution in [0.5, 0.6) is 0 Å². The highest BCUT2D eigenvalue weighted by atomic mass is 35.5. The summed E-state index contributed by atoms with van der Waals surface area (Å²) in [6, 6.07) is 7.98. The van der Waals surface area contributed by atoms with Gasteiger partial charge in [0.05, 0.1) is 72.3 Å². The highest BCUT2D eigenvalue weighted by Crippen LogP contribution is 2.33. The van der Waals surface area contributed by atoms with Gasteiger partial charge in [-0.05, 0) is 62.1 Å². The number of imidazole rings is 2. The Bertz CT molecular complexity index is 2480. The molecule has 2 saturated heterocycles. The van der Waals surface area contributed by atoms with Gasteiger partial charge in [-0.15, -0.1) is 0 Å². The zero-order chi connectivity index (χ0) is 43.9. The first kappa shape index (κ1) is 45.1. The van der Waals surface area contributed by atoms with E-state index in [0.717, 1.165) is 167 Å². The predicted octanol–water partition coefficient (Wildman–Crippen LogP) is 7.35. The normalized spacial score (nSPS) is 16.7. The first-order valence-corrected chi connectivity index (χ1v) is 22.7. The Hall–Kier alpha value is -4.51. The lowest BCUT2D eigenvalue weighted by molar-refractivity contribution is 0.0336. The van der Waals surface area contributed by atoms with Crippen molar-refractivity contribution in [2.24, 2.45) is 0 Å². The molecule has 4 aliphatic rings. The number of rotatable bonds is 7. The van der Waals surface area contributed by atoms with Crippen LogP contribution in [0.3, 0.4) is 0 Å². The number of hydrogen-bond donors (Lipinski definition) is 1. The zero-order valence-electron chi connectivity index (χ0n) is 36.5. The van der Waals surface area contributed by atoms with Gasteiger partial charge in [-0.2, -0.15) is 0 Å². The number of ether oxygens (including phenoxy) is 2. The van der Waals surface area contributed by atoms with Crippen molar-refractivity contribution in [3.05, 3.63) is 122 Å². The molecular formula is C46H55Cl3N12O2. The molecule has 63 heavy (non-hydrogen) atoms. The van der Waals surface area contributed by atoms with Crippen LogP contribution in [0.25, 0.3) is 22.5 Å². The molecule has 0 spiro atoms. The first-order chi connectivity index (χ1) is 30.6. The molecule has 0 saturated carbocycles. The van der Waals surface area contributed by atoms with Crippen LogP contribution in [0.2, 0.25) is 15.2 Å². The second kappa shape index (κ2) is 21.0. The van der Waals surface area contributed by atoms with Gasteiger partial charge >= 0.3 is 0 Å². The third-order valence-corrected chi connectivity index (χ3v) is 12.3. The van der Waals surface area contributed by atoms with E-state index in [4.69, 9.17) is 49.3 Å². The van der Waals surface area contributed by atoms with Crippen molar-refractivity contribution in [2.45, 2.75) is 67.0 Å². The molecule has 332 valence electrons. The lowest BCUT2D eigenvalue weighted by Gasteiger charge is -2.29. The van der Waals surface area contributed by atoms with E-state index >= 15 is 0 Å². The first-order valence-electron chi connectivity index (χ1n) is 21.6. The minimum Gasteiger partial charge on any atom is -0.379 e. The molecule has 10 rings (SSSR count). The Morgan fingerprint density at radius 2 is 1.13 bits per heavy atom. The Labute approximate surface area is 384 Å². The third-order valence-electron chi connectivity index (χ3n) is 11.5. The average Bonchev–Trinajstić information content (AvgIpc) is 3.89. The predicted molar refractivity (Wildman–Crippen MR) is 248 cm³/mol. The second-order valence-corrected chi connectivity index (χ2v) is 17.6. The molecule has 0 radical (unpaired) electrons. The maximum atomic E-state index is 6.51. The molecular weight excluding hydrogens is 859 g/mol. The molecule has 4 aliphatic heterocycles. The molecule has 0 aromatic carbocycles. The number of halogens is 3. The quantitative estimate of drug-likeness (QED) is 0.161. The van der Waals surface area contributed by atoms with Crippen LogP contribution in [0.15, 0.2) is 61.4 Å². The Morgan fingerprint density at radius 3 is 1.70 bits per heavy atom. The number of morpholine rings is 2. The maximum absolute atomic E-state index is 6.51. The van der Waals surface area contributed by atoms with Crippen LogP contribution < -0.4 is 10.2 Å². The van der Waals surface area contributed by atoms with Gasteiger partial charge in [0.2, 0.25) is 0 Å². The standard InChI is InChI=1S/C23H27ClN6O.C12H10Cl2N2.C11H18N4O/c1-16-9-17(2)23(26-11-16)19-10-21(25-12-20(19)24)30-4-3-29-14-18(27-22(29)15-30)13-28-5-7-31-8-6-28;1-7-3-8(2)12(16-5-7)9-4-11(14)15-6-10(9)13;1-2-15-9-10(13-11(15)7-12-1)8-14-3-5-16-6-4-14/h9-12,14H,3-8,13,15H2,1-2H3;3-6H,1-2H3;9,12H,1-8H2. The van der Waals surface area contributed by atoms with Crippen LogP contribution in [0.1, 0.15) is 45.3 Å². The second-order valence-electron chi connectivity index (χ2n) is 16.4. The third kappa shape index (κ3) is 11.6. The number of aryl methyl sites for hydroxylation is 4. The molecule has 6 aromatic rings. The largest absolute Gasteiger partial charge is 0.379 e. The molecule has 10 heterocycles. The van der Waals surface area contributed by atoms with Crippen molar-refractivity contribution >= 4 is 40.6 Å². The molecule has 0 amide bonds. The van der Waals surface area contributed by atoms with Crippen molar-refractivity contribution in [3.8, 4) is 22.5 Å². The molecule has 14 nitrogen and oxygen atoms in total. The number of nitrogens with one attached hydrogen (secondary N) is 1. The smallest absolute Gasteiger partial charge is 0.129 e. The summed E-state index contributed by atoms with van der Waals surface area (Å²) in [5, 5.41) is 4.94. The van der Waals surface area contributed by atoms with Gasteiger partial charge in [-0.25, -0.2) is 19.9 Å². The van der Waals surface area contributed by atoms with Gasteiger partial charge in [-0.1, -0.05) is 46.9 Å². The summed E-state index contributed by atoms with van der Waals surface area (Å²) in [6.07, 6.45) is 11.4. The van der Waals surface area contributed by atoms with E-state index in [2.05, 4.69) is 91.6 Å². The van der Waals surface area contributed by atoms with Gasteiger partial charge in [0, 0.05) is 114 Å². The van der Waals surface area contributed by atoms with Crippen molar-refractivity contribution in [1.29, 1.82) is 0 Å². The van der Waals surface area contributed by atoms with Crippen LogP contribution >= 0.6 is 34.8 Å². The van der Waals surface area contributed by atoms with E-state index in [0.29, 0.717) is 15.2 Å². The number of hydrogen-bond acceptors (Lipinski definition) is 12. The fourth-order valence-electron chi connectivity index (χ4n) is 8.25. The van der Waals surface area contributed by atoms with Crippen molar-refractivity contribution in [2.75, 3.05) is 70.6 Å². The molecule has 6 aromatic heterocycles. The van der Waals surface area contributed by atoms with Gasteiger partial charge in [0.15, 0.2) is 0 Å². The van der Waals surface area contributed by atoms with Gasteiger partial charge in [0.1, 0.15) is 22.6 Å². The fraction of sp³-hybridized carbons (Fsp3) is 0.435. The summed E-state index contributed by atoms with van der Waals surface area (Å²) >= 11 is 18.4. The topological polar surface area (TPSA) is 127 Å². The SMILES string of the molecule is Cc1cnc(-c2cc(Cl)ncc2Cl)c(C)c1.Cc1cnc(-c2cc(N3CCn4cc(CN5CCOCC5)nc4C3)ncc2Cl)c(C)c1.c1c(CN2CCOCC2)nc2n1CCNC2. The summed E-state index contributed by atoms with van der Waals surface area (Å²) in [5.74, 6) is 3.16. The summed E-state index contributed by atoms with van der Waals surface area (Å²) in [5.41, 5.74) is 10.3. The van der Waals surface area contributed by atoms with Crippen LogP contribution in [-0.4, -0.2) is 115 Å². The fourth-order valence-corrected chi connectivity index (χ4v) is 8.80. The monoisotopic (exact) mass is 912 g/mol. The number of aromatic nitrogens is 8. The van der Waals surface area contributed by atoms with Gasteiger partial charge < -0.3 is 28.8 Å². The molecule has 0 bridgehead atoms. The highest BCUT2D eigenvalue weighted by Gasteiger charge is 2.23. The Kier molecular flexibility index (Phi) is 15.0. The molecule has 1 N–H and O–H groups in total. The van der Waals surface area contributed by atoms with E-state index in [1.54, 1.807) is 18.5 Å². The van der Waals surface area contributed by atoms with Crippen molar-refractivity contribution in [1.82, 2.24) is 54.2 Å². The number of pyridine rings is 4. The summed E-state index contributed by atoms with van der Waals surface area (Å²) in [4.78, 5) is 34.2. The Balaban J connectivity index is 0.000000143. The molecule has 0 atom stereocenters. The number of anilines is 1. The van der Waals surface area contributed by atoms with Gasteiger partial charge in [-0.3, -0.25) is 19.8 Å². The lowest BCUT2D eigenvalue weighted by Crippen LogP contribution is -2.35. The molecule has 2 fully saturated rings. The number of fused-ring (bicyclic) bond motifs is 2. The van der Waals surface area contributed by atoms with E-state index in [-0.39, 0.29) is 0 Å². The Morgan fingerprint density at radius 1 is 0.587 bits per heavy atom. The lowest BCUT2D eigenvalue weighted by atomic mass is 10.1. The van der Waals surface area contributed by atoms with E-state index in [1.807, 2.05) is 33.2 Å². The van der Waals surface area contributed by atoms with Gasteiger partial charge in [0.25, 0.3) is 0 Å². The number of nitrogens with zero attached hydrogens (tertiary/aromatic N) is 11. The molecule has 17 heteroatoms. The summed E-state index contributed by atoms with van der Waals surface area (Å²) in [6.45, 7) is 22.8. The van der Waals surface area contributed by atoms with E-state index in [1.165, 1.54) is 11.5 Å². The zero-order valence-corrected chi connectivity index (χ0v) is 38.7. The summed E-state index contributed by atoms with van der Waals surface area (Å²) in [7, 11) is 0. The molecule has 0 aliphatic carbocycles. The van der Waals surface area contributed by atoms with Crippen LogP contribution in [-0.2, 0) is 48.7 Å². The summed E-state index contributed by atoms with van der Waals surface area (Å²) < 4.78 is 15.3. The van der Waals surface area contributed by atoms with E-state index in [9.17, 15) is 0 Å². The minimum absolute atomic E-state index is 0.418.